The van der Waals surface area contributed by atoms with Crippen molar-refractivity contribution in [2.75, 3.05) is 13.1 Å². The normalized spacial score (nSPS) is 14.2. The zero-order chi connectivity index (χ0) is 55.5. The summed E-state index contributed by atoms with van der Waals surface area (Å²) in [5.41, 5.74) is 18.1. The van der Waals surface area contributed by atoms with Crippen molar-refractivity contribution in [3.05, 3.63) is 35.4 Å². The number of nitrogen functional groups attached to an aromatic ring is 1. The number of amidine groups is 1. The van der Waals surface area contributed by atoms with Crippen LogP contribution in [0.15, 0.2) is 24.3 Å². The summed E-state index contributed by atoms with van der Waals surface area (Å²) in [5, 5.41) is 40.2. The van der Waals surface area contributed by atoms with Crippen LogP contribution in [0, 0.1) is 40.4 Å². The molecular weight excluding hydrogens is 937 g/mol. The Morgan fingerprint density at radius 2 is 0.863 bits per heavy atom. The lowest BCUT2D eigenvalue weighted by molar-refractivity contribution is -0.136. The number of nitrogens with two attached hydrogens (primary N) is 3. The molecule has 22 nitrogen and oxygen atoms in total. The van der Waals surface area contributed by atoms with Crippen molar-refractivity contribution in [1.29, 1.82) is 10.8 Å². The Kier molecular flexibility index (Phi) is 29.6. The predicted octanol–water partition coefficient (Wildman–Crippen LogP) is 1.23. The van der Waals surface area contributed by atoms with E-state index >= 15 is 0 Å². The van der Waals surface area contributed by atoms with E-state index in [0.29, 0.717) is 31.4 Å². The zero-order valence-electron chi connectivity index (χ0n) is 45.2. The molecule has 0 aromatic heterocycles. The number of benzene rings is 1. The lowest BCUT2D eigenvalue weighted by atomic mass is 9.97. The second kappa shape index (κ2) is 33.4. The van der Waals surface area contributed by atoms with Crippen molar-refractivity contribution >= 4 is 59.1 Å². The minimum Gasteiger partial charge on any atom is -0.384 e. The number of guanidine groups is 1. The van der Waals surface area contributed by atoms with Crippen molar-refractivity contribution in [3.8, 4) is 0 Å². The van der Waals surface area contributed by atoms with Gasteiger partial charge in [-0.25, -0.2) is 0 Å². The number of carbonyl (C=O) groups excluding carboxylic acids is 8. The highest BCUT2D eigenvalue weighted by atomic mass is 16.2. The van der Waals surface area contributed by atoms with Crippen molar-refractivity contribution in [2.45, 2.75) is 183 Å². The highest BCUT2D eigenvalue weighted by molar-refractivity contribution is 5.98. The average Bonchev–Trinajstić information content (AvgIpc) is 3.28. The number of hydrogen-bond donors (Lipinski definition) is 14. The molecule has 0 bridgehead atoms. The Hall–Kier alpha value is -6.32. The van der Waals surface area contributed by atoms with Crippen LogP contribution in [0.4, 0.5) is 0 Å². The molecule has 0 aliphatic rings. The minimum atomic E-state index is -1.25. The van der Waals surface area contributed by atoms with Crippen LogP contribution in [-0.2, 0) is 44.9 Å². The second-order valence-electron chi connectivity index (χ2n) is 20.9. The van der Waals surface area contributed by atoms with E-state index in [1.54, 1.807) is 38.1 Å². The third kappa shape index (κ3) is 26.3. The van der Waals surface area contributed by atoms with E-state index in [-0.39, 0.29) is 87.1 Å². The van der Waals surface area contributed by atoms with Gasteiger partial charge in [0.2, 0.25) is 47.3 Å². The Morgan fingerprint density at radius 3 is 1.25 bits per heavy atom. The lowest BCUT2D eigenvalue weighted by Gasteiger charge is -2.30. The lowest BCUT2D eigenvalue weighted by Crippen LogP contribution is -2.61. The number of carbonyl (C=O) groups is 8. The maximum Gasteiger partial charge on any atom is 0.243 e. The molecule has 0 aliphatic heterocycles. The van der Waals surface area contributed by atoms with Gasteiger partial charge in [0.25, 0.3) is 0 Å². The van der Waals surface area contributed by atoms with Gasteiger partial charge in [0, 0.05) is 25.6 Å². The van der Waals surface area contributed by atoms with Gasteiger partial charge in [-0.2, -0.15) is 0 Å². The van der Waals surface area contributed by atoms with Gasteiger partial charge in [0.15, 0.2) is 5.96 Å². The van der Waals surface area contributed by atoms with E-state index in [0.717, 1.165) is 5.56 Å². The van der Waals surface area contributed by atoms with Gasteiger partial charge in [-0.05, 0) is 99.5 Å². The molecule has 1 aromatic rings. The van der Waals surface area contributed by atoms with E-state index in [4.69, 9.17) is 28.0 Å². The molecule has 0 saturated carbocycles. The molecule has 22 heteroatoms. The van der Waals surface area contributed by atoms with Crippen LogP contribution in [0.5, 0.6) is 0 Å². The Labute approximate surface area is 432 Å². The van der Waals surface area contributed by atoms with Gasteiger partial charge >= 0.3 is 0 Å². The van der Waals surface area contributed by atoms with Crippen LogP contribution in [0.3, 0.4) is 0 Å². The molecule has 1 aromatic carbocycles. The summed E-state index contributed by atoms with van der Waals surface area (Å²) in [6, 6.07) is -0.849. The van der Waals surface area contributed by atoms with Crippen molar-refractivity contribution in [1.82, 2.24) is 47.9 Å². The Balaban J connectivity index is 3.45. The molecular formula is C51H90N14O8. The SMILES string of the molecule is CC(=O)N[C@H](CC(C)C)C(=O)N[C@@H](CC(C)C)C(=O)N[C@@H](CC(C)C)C(=O)N[C@@H](CC(C)C)C(=O)N[C@@H](CCCNC(=N)N)C(=O)N[C@H](C(=O)N[C@@H](CCCCN)C(=O)NCc1ccc(C(=N)N)cc1)C(C)C. The molecule has 0 spiro atoms. The fourth-order valence-corrected chi connectivity index (χ4v) is 7.87. The predicted molar refractivity (Wildman–Crippen MR) is 283 cm³/mol. The number of nitrogens with one attached hydrogen (secondary N) is 11. The summed E-state index contributed by atoms with van der Waals surface area (Å²) < 4.78 is 0. The molecule has 0 aliphatic carbocycles. The van der Waals surface area contributed by atoms with Crippen LogP contribution in [0.1, 0.15) is 145 Å². The Morgan fingerprint density at radius 1 is 0.479 bits per heavy atom. The van der Waals surface area contributed by atoms with E-state index in [9.17, 15) is 38.4 Å². The monoisotopic (exact) mass is 1030 g/mol. The fraction of sp³-hybridized carbons (Fsp3) is 0.686. The summed E-state index contributed by atoms with van der Waals surface area (Å²) >= 11 is 0. The number of hydrogen-bond acceptors (Lipinski definition) is 11. The molecule has 17 N–H and O–H groups in total. The maximum atomic E-state index is 14.3. The third-order valence-electron chi connectivity index (χ3n) is 11.6. The smallest absolute Gasteiger partial charge is 0.243 e. The van der Waals surface area contributed by atoms with Gasteiger partial charge in [0.05, 0.1) is 0 Å². The Bertz CT molecular complexity index is 1980. The quantitative estimate of drug-likeness (QED) is 0.0263. The number of amides is 8. The standard InChI is InChI=1S/C51H90N14O8/c1-28(2)23-38(59-33(11)66)46(69)62-40(25-30(5)6)48(71)64-41(26-31(7)8)49(72)63-39(24-29(3)4)47(70)60-37(16-14-22-57-51(55)56)45(68)65-42(32(9)10)50(73)61-36(15-12-13-21-52)44(67)58-27-34-17-19-35(20-18-34)43(53)54/h17-20,28-32,36-42H,12-16,21-27,52H2,1-11H3,(H3,53,54)(H,58,67)(H,59,66)(H,60,70)(H,61,73)(H,62,69)(H,63,72)(H,64,71)(H,65,68)(H4,55,56,57)/t36-,37-,38+,39-,40-,41-,42-/m0/s1. The molecule has 0 radical (unpaired) electrons. The van der Waals surface area contributed by atoms with Crippen molar-refractivity contribution < 1.29 is 38.4 Å². The topological polar surface area (TPSA) is 371 Å². The summed E-state index contributed by atoms with van der Waals surface area (Å²) in [6.07, 6.45) is 2.55. The molecule has 0 heterocycles. The van der Waals surface area contributed by atoms with Crippen LogP contribution >= 0.6 is 0 Å². The number of rotatable bonds is 34. The van der Waals surface area contributed by atoms with Gasteiger partial charge in [0.1, 0.15) is 48.1 Å². The first-order valence-electron chi connectivity index (χ1n) is 25.7. The van der Waals surface area contributed by atoms with Crippen molar-refractivity contribution in [3.63, 3.8) is 0 Å². The van der Waals surface area contributed by atoms with Gasteiger partial charge in [-0.1, -0.05) is 93.5 Å². The first-order valence-corrected chi connectivity index (χ1v) is 25.7. The minimum absolute atomic E-state index is 0.0269. The van der Waals surface area contributed by atoms with E-state index < -0.39 is 95.5 Å². The highest BCUT2D eigenvalue weighted by Crippen LogP contribution is 2.14. The summed E-state index contributed by atoms with van der Waals surface area (Å²) in [7, 11) is 0. The molecule has 8 amide bonds. The average molecular weight is 1030 g/mol. The molecule has 0 saturated heterocycles. The zero-order valence-corrected chi connectivity index (χ0v) is 45.2. The van der Waals surface area contributed by atoms with Crippen LogP contribution in [0.2, 0.25) is 0 Å². The van der Waals surface area contributed by atoms with Crippen LogP contribution in [0.25, 0.3) is 0 Å². The maximum absolute atomic E-state index is 14.3. The van der Waals surface area contributed by atoms with Crippen LogP contribution < -0.4 is 65.1 Å². The largest absolute Gasteiger partial charge is 0.384 e. The van der Waals surface area contributed by atoms with E-state index in [1.807, 2.05) is 55.4 Å². The van der Waals surface area contributed by atoms with E-state index in [2.05, 4.69) is 47.9 Å². The fourth-order valence-electron chi connectivity index (χ4n) is 7.87. The summed E-state index contributed by atoms with van der Waals surface area (Å²) in [4.78, 5) is 110. The van der Waals surface area contributed by atoms with Gasteiger partial charge in [-0.15, -0.1) is 0 Å². The molecule has 0 unspecified atom stereocenters. The number of unbranched alkanes of at least 4 members (excludes halogenated alkanes) is 1. The van der Waals surface area contributed by atoms with Crippen LogP contribution in [-0.4, -0.2) is 114 Å². The van der Waals surface area contributed by atoms with Gasteiger partial charge in [-0.3, -0.25) is 49.2 Å². The second-order valence-corrected chi connectivity index (χ2v) is 20.9. The molecule has 1 rings (SSSR count). The molecule has 7 atom stereocenters. The van der Waals surface area contributed by atoms with E-state index in [1.165, 1.54) is 6.92 Å². The highest BCUT2D eigenvalue weighted by Gasteiger charge is 2.35. The first kappa shape index (κ1) is 64.7. The third-order valence-corrected chi connectivity index (χ3v) is 11.6. The molecule has 73 heavy (non-hydrogen) atoms. The molecule has 0 fully saturated rings. The van der Waals surface area contributed by atoms with Crippen molar-refractivity contribution in [2.24, 2.45) is 46.8 Å². The summed E-state index contributed by atoms with van der Waals surface area (Å²) in [5.74, 6) is -5.79. The van der Waals surface area contributed by atoms with Gasteiger partial charge < -0.3 is 65.1 Å². The molecule has 412 valence electrons. The first-order chi connectivity index (χ1) is 34.1. The summed E-state index contributed by atoms with van der Waals surface area (Å²) in [6.45, 7) is 20.5.